The fraction of sp³-hybridized carbons (Fsp3) is 0.458. The van der Waals surface area contributed by atoms with E-state index < -0.39 is 0 Å². The maximum Gasteiger partial charge on any atom is 0.125 e. The summed E-state index contributed by atoms with van der Waals surface area (Å²) in [4.78, 5) is 12.2. The van der Waals surface area contributed by atoms with Crippen molar-refractivity contribution >= 4 is 6.29 Å². The first kappa shape index (κ1) is 19.6. The molecule has 3 nitrogen and oxygen atoms in total. The molecule has 144 valence electrons. The second-order valence-electron chi connectivity index (χ2n) is 7.59. The monoisotopic (exact) mass is 365 g/mol. The molecule has 0 bridgehead atoms. The van der Waals surface area contributed by atoms with E-state index in [1.165, 1.54) is 17.4 Å². The van der Waals surface area contributed by atoms with E-state index in [2.05, 4.69) is 48.6 Å². The van der Waals surface area contributed by atoms with Crippen LogP contribution in [0.4, 0.5) is 0 Å². The predicted octanol–water partition coefficient (Wildman–Crippen LogP) is 4.54. The van der Waals surface area contributed by atoms with Crippen LogP contribution in [0.3, 0.4) is 0 Å². The lowest BCUT2D eigenvalue weighted by Gasteiger charge is -2.46. The molecular formula is C24H31NO2. The number of methoxy groups -OCH3 is 1. The highest BCUT2D eigenvalue weighted by atomic mass is 16.5. The summed E-state index contributed by atoms with van der Waals surface area (Å²) in [5, 5.41) is 3.70. The Morgan fingerprint density at radius 3 is 2.70 bits per heavy atom. The number of rotatable bonds is 8. The van der Waals surface area contributed by atoms with Gasteiger partial charge in [0.2, 0.25) is 0 Å². The molecule has 27 heavy (non-hydrogen) atoms. The van der Waals surface area contributed by atoms with Crippen LogP contribution < -0.4 is 10.1 Å². The Labute approximate surface area is 163 Å². The van der Waals surface area contributed by atoms with Gasteiger partial charge in [0.05, 0.1) is 7.11 Å². The van der Waals surface area contributed by atoms with Crippen LogP contribution in [0.2, 0.25) is 0 Å². The van der Waals surface area contributed by atoms with Crippen LogP contribution in [-0.4, -0.2) is 26.0 Å². The summed E-state index contributed by atoms with van der Waals surface area (Å²) < 4.78 is 5.44. The molecule has 3 atom stereocenters. The molecule has 3 heteroatoms. The van der Waals surface area contributed by atoms with Crippen molar-refractivity contribution in [2.75, 3.05) is 13.7 Å². The molecule has 0 spiro atoms. The molecule has 3 rings (SSSR count). The summed E-state index contributed by atoms with van der Waals surface area (Å²) in [6, 6.07) is 19.0. The minimum atomic E-state index is -0.112. The van der Waals surface area contributed by atoms with Gasteiger partial charge >= 0.3 is 0 Å². The summed E-state index contributed by atoms with van der Waals surface area (Å²) in [5.74, 6) is 0.850. The topological polar surface area (TPSA) is 38.3 Å². The minimum absolute atomic E-state index is 0.0147. The third kappa shape index (κ3) is 4.24. The van der Waals surface area contributed by atoms with Crippen molar-refractivity contribution < 1.29 is 9.53 Å². The van der Waals surface area contributed by atoms with Crippen LogP contribution in [0.15, 0.2) is 54.6 Å². The van der Waals surface area contributed by atoms with Crippen LogP contribution in [0, 0.1) is 5.92 Å². The molecule has 0 saturated heterocycles. The Kier molecular flexibility index (Phi) is 6.68. The van der Waals surface area contributed by atoms with Gasteiger partial charge in [-0.15, -0.1) is 0 Å². The van der Waals surface area contributed by atoms with Crippen LogP contribution in [-0.2, 0) is 16.6 Å². The average Bonchev–Trinajstić information content (AvgIpc) is 2.74. The van der Waals surface area contributed by atoms with E-state index in [1.54, 1.807) is 7.11 Å². The van der Waals surface area contributed by atoms with Crippen LogP contribution >= 0.6 is 0 Å². The average molecular weight is 366 g/mol. The first-order valence-electron chi connectivity index (χ1n) is 10.1. The fourth-order valence-electron chi connectivity index (χ4n) is 4.76. The van der Waals surface area contributed by atoms with Crippen LogP contribution in [0.1, 0.15) is 43.7 Å². The lowest BCUT2D eigenvalue weighted by atomic mass is 9.60. The van der Waals surface area contributed by atoms with Crippen LogP contribution in [0.25, 0.3) is 0 Å². The Balaban J connectivity index is 1.77. The Morgan fingerprint density at radius 1 is 1.19 bits per heavy atom. The number of aldehydes is 1. The number of carbonyl (C=O) groups is 1. The third-order valence-electron chi connectivity index (χ3n) is 6.29. The number of hydrogen-bond donors (Lipinski definition) is 1. The van der Waals surface area contributed by atoms with Gasteiger partial charge in [0, 0.05) is 17.4 Å². The number of carbonyl (C=O) groups excluding carboxylic acids is 1. The molecule has 1 aliphatic carbocycles. The Hall–Kier alpha value is -2.13. The molecule has 1 aliphatic rings. The molecule has 0 amide bonds. The number of benzene rings is 2. The summed E-state index contributed by atoms with van der Waals surface area (Å²) in [6.45, 7) is 3.11. The second-order valence-corrected chi connectivity index (χ2v) is 7.59. The molecule has 0 aliphatic heterocycles. The van der Waals surface area contributed by atoms with Crippen molar-refractivity contribution in [3.05, 3.63) is 65.7 Å². The highest BCUT2D eigenvalue weighted by Crippen LogP contribution is 2.46. The van der Waals surface area contributed by atoms with Crippen molar-refractivity contribution in [2.45, 2.75) is 50.5 Å². The standard InChI is InChI=1S/C24H31NO2/c1-3-24(20-11-7-12-21(17-20)27-2)15-8-13-23(22(24)18-26)25-16-14-19-9-5-4-6-10-19/h4-7,9-12,17-18,22-23,25H,3,8,13-16H2,1-2H3/t22-,23?,24+/m1/s1. The lowest BCUT2D eigenvalue weighted by Crippen LogP contribution is -2.52. The smallest absolute Gasteiger partial charge is 0.125 e. The molecule has 0 heterocycles. The second kappa shape index (κ2) is 9.18. The zero-order valence-electron chi connectivity index (χ0n) is 16.5. The molecule has 0 radical (unpaired) electrons. The van der Waals surface area contributed by atoms with Gasteiger partial charge in [-0.2, -0.15) is 0 Å². The number of ether oxygens (including phenoxy) is 1. The number of nitrogens with one attached hydrogen (secondary N) is 1. The molecule has 1 fully saturated rings. The first-order chi connectivity index (χ1) is 13.2. The van der Waals surface area contributed by atoms with Crippen molar-refractivity contribution in [3.8, 4) is 5.75 Å². The van der Waals surface area contributed by atoms with Crippen molar-refractivity contribution in [3.63, 3.8) is 0 Å². The normalized spacial score (nSPS) is 25.1. The molecule has 2 aromatic carbocycles. The van der Waals surface area contributed by atoms with E-state index in [0.717, 1.165) is 44.4 Å². The highest BCUT2D eigenvalue weighted by molar-refractivity contribution is 5.60. The summed E-state index contributed by atoms with van der Waals surface area (Å²) in [7, 11) is 1.70. The predicted molar refractivity (Wildman–Crippen MR) is 110 cm³/mol. The summed E-state index contributed by atoms with van der Waals surface area (Å²) in [6.07, 6.45) is 6.39. The highest BCUT2D eigenvalue weighted by Gasteiger charge is 2.45. The molecular weight excluding hydrogens is 334 g/mol. The molecule has 2 aromatic rings. The summed E-state index contributed by atoms with van der Waals surface area (Å²) in [5.41, 5.74) is 2.45. The van der Waals surface area contributed by atoms with Crippen LogP contribution in [0.5, 0.6) is 5.75 Å². The van der Waals surface area contributed by atoms with Crippen molar-refractivity contribution in [1.29, 1.82) is 0 Å². The first-order valence-corrected chi connectivity index (χ1v) is 10.1. The lowest BCUT2D eigenvalue weighted by molar-refractivity contribution is -0.115. The van der Waals surface area contributed by atoms with Crippen molar-refractivity contribution in [2.24, 2.45) is 5.92 Å². The summed E-state index contributed by atoms with van der Waals surface area (Å²) >= 11 is 0. The van der Waals surface area contributed by atoms with Crippen molar-refractivity contribution in [1.82, 2.24) is 5.32 Å². The van der Waals surface area contributed by atoms with E-state index >= 15 is 0 Å². The SMILES string of the molecule is CC[C@@]1(c2cccc(OC)c2)CCCC(NCCc2ccccc2)[C@H]1C=O. The maximum absolute atomic E-state index is 12.2. The third-order valence-corrected chi connectivity index (χ3v) is 6.29. The zero-order valence-corrected chi connectivity index (χ0v) is 16.5. The van der Waals surface area contributed by atoms with Gasteiger partial charge in [-0.1, -0.05) is 55.8 Å². The largest absolute Gasteiger partial charge is 0.497 e. The van der Waals surface area contributed by atoms with E-state index in [1.807, 2.05) is 18.2 Å². The van der Waals surface area contributed by atoms with Gasteiger partial charge in [-0.25, -0.2) is 0 Å². The Bertz CT molecular complexity index is 730. The van der Waals surface area contributed by atoms with Gasteiger partial charge in [0.15, 0.2) is 0 Å². The quantitative estimate of drug-likeness (QED) is 0.698. The van der Waals surface area contributed by atoms with E-state index in [9.17, 15) is 4.79 Å². The molecule has 1 saturated carbocycles. The zero-order chi connectivity index (χ0) is 19.1. The van der Waals surface area contributed by atoms with E-state index in [4.69, 9.17) is 4.74 Å². The fourth-order valence-corrected chi connectivity index (χ4v) is 4.76. The van der Waals surface area contributed by atoms with Gasteiger partial charge in [0.1, 0.15) is 12.0 Å². The Morgan fingerprint density at radius 2 is 2.00 bits per heavy atom. The maximum atomic E-state index is 12.2. The van der Waals surface area contributed by atoms with Gasteiger partial charge in [0.25, 0.3) is 0 Å². The van der Waals surface area contributed by atoms with E-state index in [0.29, 0.717) is 0 Å². The van der Waals surface area contributed by atoms with Gasteiger partial charge in [-0.05, 0) is 55.5 Å². The van der Waals surface area contributed by atoms with Gasteiger partial charge in [-0.3, -0.25) is 0 Å². The number of hydrogen-bond acceptors (Lipinski definition) is 3. The molecule has 1 unspecified atom stereocenters. The molecule has 0 aromatic heterocycles. The van der Waals surface area contributed by atoms with Gasteiger partial charge < -0.3 is 14.8 Å². The van der Waals surface area contributed by atoms with E-state index in [-0.39, 0.29) is 17.4 Å². The minimum Gasteiger partial charge on any atom is -0.497 e. The molecule has 1 N–H and O–H groups in total.